The second kappa shape index (κ2) is 14.2. The van der Waals surface area contributed by atoms with Crippen molar-refractivity contribution < 1.29 is 19.4 Å². The van der Waals surface area contributed by atoms with Crippen molar-refractivity contribution in [1.29, 1.82) is 0 Å². The summed E-state index contributed by atoms with van der Waals surface area (Å²) in [5.74, 6) is -1.18. The van der Waals surface area contributed by atoms with Gasteiger partial charge in [-0.15, -0.1) is 0 Å². The van der Waals surface area contributed by atoms with Gasteiger partial charge in [-0.2, -0.15) is 0 Å². The Hall–Kier alpha value is -0.180. The average molecular weight is 294 g/mol. The first-order chi connectivity index (χ1) is 9.01. The molecule has 0 N–H and O–H groups in total. The monoisotopic (exact) mass is 294 g/mol. The number of hydrogen-bond acceptors (Lipinski definition) is 4. The highest BCUT2D eigenvalue weighted by atomic mass is 31.2. The zero-order chi connectivity index (χ0) is 15.1. The molecule has 5 heteroatoms. The average Bonchev–Trinajstić information content (AvgIpc) is 2.38. The fourth-order valence-corrected chi connectivity index (χ4v) is 5.36. The van der Waals surface area contributed by atoms with Crippen molar-refractivity contribution in [3.05, 3.63) is 0 Å². The molecule has 0 spiro atoms. The van der Waals surface area contributed by atoms with E-state index in [0.29, 0.717) is 0 Å². The molecule has 0 saturated heterocycles. The molecule has 4 nitrogen and oxygen atoms in total. The summed E-state index contributed by atoms with van der Waals surface area (Å²) < 4.78 is 9.61. The Morgan fingerprint density at radius 3 is 1.95 bits per heavy atom. The standard InChI is InChI=1S/C11H26OP.C3H6O3/c1-5-10-13(7-3,8-4)11-9-12-6-2;1-6-2-3(4)5/h5-11H2,1-4H3;2H2,1H3,(H,4,5)/q+1;/p-1. The van der Waals surface area contributed by atoms with Crippen molar-refractivity contribution in [2.45, 2.75) is 34.1 Å². The van der Waals surface area contributed by atoms with Gasteiger partial charge in [-0.25, -0.2) is 0 Å². The molecule has 116 valence electrons. The third-order valence-electron chi connectivity index (χ3n) is 3.22. The zero-order valence-corrected chi connectivity index (χ0v) is 14.1. The smallest absolute Gasteiger partial charge is 0.0857 e. The maximum atomic E-state index is 9.36. The Labute approximate surface area is 119 Å². The van der Waals surface area contributed by atoms with Crippen LogP contribution in [-0.4, -0.2) is 57.5 Å². The molecule has 0 fully saturated rings. The SMILES string of the molecule is CCC[P+](CC)(CC)CCOCC.COCC(=O)[O-]. The van der Waals surface area contributed by atoms with Crippen molar-refractivity contribution in [2.24, 2.45) is 0 Å². The number of carbonyl (C=O) groups excluding carboxylic acids is 1. The van der Waals surface area contributed by atoms with E-state index >= 15 is 0 Å². The van der Waals surface area contributed by atoms with Gasteiger partial charge >= 0.3 is 0 Å². The maximum Gasteiger partial charge on any atom is 0.0857 e. The van der Waals surface area contributed by atoms with Gasteiger partial charge in [0.2, 0.25) is 0 Å². The van der Waals surface area contributed by atoms with Crippen LogP contribution in [0.5, 0.6) is 0 Å². The number of carboxylic acids is 1. The van der Waals surface area contributed by atoms with Crippen LogP contribution in [0, 0.1) is 0 Å². The van der Waals surface area contributed by atoms with Crippen LogP contribution >= 0.6 is 7.26 Å². The number of carboxylic acid groups (broad SMARTS) is 1. The molecule has 0 unspecified atom stereocenters. The highest BCUT2D eigenvalue weighted by Gasteiger charge is 2.31. The summed E-state index contributed by atoms with van der Waals surface area (Å²) in [7, 11) is 0.689. The molecule has 19 heavy (non-hydrogen) atoms. The third kappa shape index (κ3) is 12.6. The van der Waals surface area contributed by atoms with Gasteiger partial charge in [0.25, 0.3) is 0 Å². The van der Waals surface area contributed by atoms with Gasteiger partial charge in [-0.1, -0.05) is 6.92 Å². The normalized spacial score (nSPS) is 10.8. The van der Waals surface area contributed by atoms with E-state index < -0.39 is 13.2 Å². The second-order valence-electron chi connectivity index (χ2n) is 4.42. The number of aliphatic carboxylic acids is 1. The van der Waals surface area contributed by atoms with E-state index in [1.54, 1.807) is 0 Å². The van der Waals surface area contributed by atoms with Crippen LogP contribution in [0.2, 0.25) is 0 Å². The van der Waals surface area contributed by atoms with E-state index in [0.717, 1.165) is 13.2 Å². The summed E-state index contributed by atoms with van der Waals surface area (Å²) >= 11 is 0. The lowest BCUT2D eigenvalue weighted by molar-refractivity contribution is -0.309. The molecule has 0 aliphatic rings. The first kappa shape index (κ1) is 21.1. The largest absolute Gasteiger partial charge is 0.548 e. The summed E-state index contributed by atoms with van der Waals surface area (Å²) in [6.07, 6.45) is 6.98. The highest BCUT2D eigenvalue weighted by molar-refractivity contribution is 7.75. The lowest BCUT2D eigenvalue weighted by atomic mass is 10.6. The molecular formula is C14H31O4P. The summed E-state index contributed by atoms with van der Waals surface area (Å²) in [6.45, 7) is 10.7. The molecule has 0 atom stereocenters. The van der Waals surface area contributed by atoms with Crippen LogP contribution in [0.15, 0.2) is 0 Å². The number of rotatable bonds is 10. The van der Waals surface area contributed by atoms with Crippen LogP contribution in [0.4, 0.5) is 0 Å². The first-order valence-electron chi connectivity index (χ1n) is 7.13. The lowest BCUT2D eigenvalue weighted by Gasteiger charge is -2.24. The lowest BCUT2D eigenvalue weighted by Crippen LogP contribution is -2.26. The van der Waals surface area contributed by atoms with Gasteiger partial charge in [0.05, 0.1) is 43.8 Å². The minimum absolute atomic E-state index is 0.319. The Bertz CT molecular complexity index is 206. The molecule has 0 rings (SSSR count). The molecule has 0 heterocycles. The third-order valence-corrected chi connectivity index (χ3v) is 8.43. The van der Waals surface area contributed by atoms with E-state index in [9.17, 15) is 9.90 Å². The molecule has 0 saturated carbocycles. The van der Waals surface area contributed by atoms with Crippen LogP contribution in [0.25, 0.3) is 0 Å². The van der Waals surface area contributed by atoms with Gasteiger partial charge in [-0.3, -0.25) is 0 Å². The predicted octanol–water partition coefficient (Wildman–Crippen LogP) is 1.87. The van der Waals surface area contributed by atoms with E-state index in [4.69, 9.17) is 4.74 Å². The Kier molecular flexibility index (Phi) is 15.8. The van der Waals surface area contributed by atoms with Gasteiger partial charge in [0.15, 0.2) is 0 Å². The van der Waals surface area contributed by atoms with E-state index in [2.05, 4.69) is 32.4 Å². The van der Waals surface area contributed by atoms with Crippen LogP contribution in [0.3, 0.4) is 0 Å². The first-order valence-corrected chi connectivity index (χ1v) is 9.66. The van der Waals surface area contributed by atoms with E-state index in [1.807, 2.05) is 0 Å². The van der Waals surface area contributed by atoms with Gasteiger partial charge < -0.3 is 19.4 Å². The topological polar surface area (TPSA) is 58.6 Å². The van der Waals surface area contributed by atoms with Crippen molar-refractivity contribution in [3.63, 3.8) is 0 Å². The predicted molar refractivity (Wildman–Crippen MR) is 81.4 cm³/mol. The molecule has 0 aliphatic carbocycles. The zero-order valence-electron chi connectivity index (χ0n) is 13.2. The van der Waals surface area contributed by atoms with Crippen LogP contribution in [0.1, 0.15) is 34.1 Å². The van der Waals surface area contributed by atoms with Crippen LogP contribution in [-0.2, 0) is 14.3 Å². The van der Waals surface area contributed by atoms with Gasteiger partial charge in [-0.05, 0) is 27.2 Å². The van der Waals surface area contributed by atoms with Gasteiger partial charge in [0, 0.05) is 21.0 Å². The Morgan fingerprint density at radius 2 is 1.68 bits per heavy atom. The number of carbonyl (C=O) groups is 1. The van der Waals surface area contributed by atoms with E-state index in [-0.39, 0.29) is 6.61 Å². The Balaban J connectivity index is 0. The molecular weight excluding hydrogens is 263 g/mol. The fraction of sp³-hybridized carbons (Fsp3) is 0.929. The number of methoxy groups -OCH3 is 1. The second-order valence-corrected chi connectivity index (χ2v) is 9.27. The van der Waals surface area contributed by atoms with Crippen molar-refractivity contribution in [2.75, 3.05) is 51.6 Å². The minimum Gasteiger partial charge on any atom is -0.548 e. The van der Waals surface area contributed by atoms with E-state index in [1.165, 1.54) is 38.2 Å². The molecule has 0 bridgehead atoms. The molecule has 0 aromatic rings. The van der Waals surface area contributed by atoms with Crippen LogP contribution < -0.4 is 5.11 Å². The number of ether oxygens (including phenoxy) is 2. The van der Waals surface area contributed by atoms with Crippen molar-refractivity contribution in [3.8, 4) is 0 Å². The maximum absolute atomic E-state index is 9.36. The quantitative estimate of drug-likeness (QED) is 0.456. The summed E-state index contributed by atoms with van der Waals surface area (Å²) in [5, 5.41) is 9.36. The summed E-state index contributed by atoms with van der Waals surface area (Å²) in [4.78, 5) is 9.36. The minimum atomic E-state index is -1.18. The molecule has 0 aliphatic heterocycles. The fourth-order valence-electron chi connectivity index (χ4n) is 1.96. The highest BCUT2D eigenvalue weighted by Crippen LogP contribution is 2.58. The molecule has 0 amide bonds. The molecule has 0 aromatic heterocycles. The van der Waals surface area contributed by atoms with Crippen molar-refractivity contribution in [1.82, 2.24) is 0 Å². The summed E-state index contributed by atoms with van der Waals surface area (Å²) in [5.41, 5.74) is 0. The van der Waals surface area contributed by atoms with Crippen molar-refractivity contribution >= 4 is 13.2 Å². The van der Waals surface area contributed by atoms with Gasteiger partial charge in [0.1, 0.15) is 0 Å². The molecule has 0 radical (unpaired) electrons. The number of hydrogen-bond donors (Lipinski definition) is 0. The Morgan fingerprint density at radius 1 is 1.11 bits per heavy atom. The summed E-state index contributed by atoms with van der Waals surface area (Å²) in [6, 6.07) is 0. The molecule has 0 aromatic carbocycles.